The van der Waals surface area contributed by atoms with Gasteiger partial charge in [-0.1, -0.05) is 29.8 Å². The Morgan fingerprint density at radius 3 is 2.17 bits per heavy atom. The maximum Gasteiger partial charge on any atom is 0.261 e. The van der Waals surface area contributed by atoms with Gasteiger partial charge in [-0.05, 0) is 61.9 Å². The Bertz CT molecular complexity index is 1220. The second kappa shape index (κ2) is 8.38. The van der Waals surface area contributed by atoms with Crippen LogP contribution in [0.25, 0.3) is 0 Å². The lowest BCUT2D eigenvalue weighted by molar-refractivity contribution is 0.100. The average molecular weight is 423 g/mol. The van der Waals surface area contributed by atoms with Crippen molar-refractivity contribution in [3.63, 3.8) is 0 Å². The number of aryl methyl sites for hydroxylation is 2. The van der Waals surface area contributed by atoms with E-state index in [-0.39, 0.29) is 10.5 Å². The SMILES string of the molecule is Cc1ccc(S(=O)(=O)Nc2ccc(C(=O)Nc3ccccc3C(N)=O)cc2C)cc1. The van der Waals surface area contributed by atoms with Crippen LogP contribution < -0.4 is 15.8 Å². The molecule has 3 aromatic carbocycles. The zero-order chi connectivity index (χ0) is 21.9. The Hall–Kier alpha value is -3.65. The quantitative estimate of drug-likeness (QED) is 0.563. The van der Waals surface area contributed by atoms with E-state index < -0.39 is 21.8 Å². The Balaban J connectivity index is 1.81. The summed E-state index contributed by atoms with van der Waals surface area (Å²) in [6, 6.07) is 17.5. The Kier molecular flexibility index (Phi) is 5.89. The van der Waals surface area contributed by atoms with E-state index in [2.05, 4.69) is 10.0 Å². The lowest BCUT2D eigenvalue weighted by Crippen LogP contribution is -2.18. The average Bonchev–Trinajstić information content (AvgIpc) is 2.70. The molecule has 7 nitrogen and oxygen atoms in total. The van der Waals surface area contributed by atoms with E-state index >= 15 is 0 Å². The third-order valence-corrected chi connectivity index (χ3v) is 5.89. The number of para-hydroxylation sites is 1. The molecular weight excluding hydrogens is 402 g/mol. The summed E-state index contributed by atoms with van der Waals surface area (Å²) in [5.41, 5.74) is 8.04. The smallest absolute Gasteiger partial charge is 0.261 e. The Morgan fingerprint density at radius 1 is 0.867 bits per heavy atom. The minimum absolute atomic E-state index is 0.150. The van der Waals surface area contributed by atoms with Crippen molar-refractivity contribution in [3.8, 4) is 0 Å². The molecule has 0 atom stereocenters. The first-order valence-corrected chi connectivity index (χ1v) is 10.6. The van der Waals surface area contributed by atoms with E-state index in [1.54, 1.807) is 43.3 Å². The maximum atomic E-state index is 12.6. The third-order valence-electron chi connectivity index (χ3n) is 4.50. The number of amides is 2. The number of rotatable bonds is 6. The molecule has 2 amide bonds. The molecule has 0 fully saturated rings. The first kappa shape index (κ1) is 21.1. The van der Waals surface area contributed by atoms with Crippen molar-refractivity contribution in [1.29, 1.82) is 0 Å². The van der Waals surface area contributed by atoms with E-state index in [1.165, 1.54) is 30.3 Å². The fraction of sp³-hybridized carbons (Fsp3) is 0.0909. The summed E-state index contributed by atoms with van der Waals surface area (Å²) in [5, 5.41) is 2.66. The predicted molar refractivity (Wildman–Crippen MR) is 116 cm³/mol. The van der Waals surface area contributed by atoms with Crippen LogP contribution in [0.15, 0.2) is 71.6 Å². The summed E-state index contributed by atoms with van der Waals surface area (Å²) in [6.07, 6.45) is 0. The molecule has 3 aromatic rings. The van der Waals surface area contributed by atoms with Gasteiger partial charge in [-0.2, -0.15) is 0 Å². The van der Waals surface area contributed by atoms with Gasteiger partial charge in [-0.3, -0.25) is 14.3 Å². The van der Waals surface area contributed by atoms with Crippen LogP contribution in [0.2, 0.25) is 0 Å². The van der Waals surface area contributed by atoms with Crippen LogP contribution in [-0.4, -0.2) is 20.2 Å². The molecule has 30 heavy (non-hydrogen) atoms. The largest absolute Gasteiger partial charge is 0.366 e. The number of anilines is 2. The zero-order valence-electron chi connectivity index (χ0n) is 16.5. The van der Waals surface area contributed by atoms with Crippen molar-refractivity contribution < 1.29 is 18.0 Å². The van der Waals surface area contributed by atoms with Crippen molar-refractivity contribution in [2.24, 2.45) is 5.73 Å². The number of nitrogens with one attached hydrogen (secondary N) is 2. The van der Waals surface area contributed by atoms with E-state index in [0.29, 0.717) is 22.5 Å². The Labute approximate surface area is 175 Å². The molecule has 4 N–H and O–H groups in total. The second-order valence-corrected chi connectivity index (χ2v) is 8.49. The first-order chi connectivity index (χ1) is 14.2. The van der Waals surface area contributed by atoms with Crippen LogP contribution in [0.3, 0.4) is 0 Å². The summed E-state index contributed by atoms with van der Waals surface area (Å²) < 4.78 is 27.7. The lowest BCUT2D eigenvalue weighted by Gasteiger charge is -2.13. The number of hydrogen-bond acceptors (Lipinski definition) is 4. The predicted octanol–water partition coefficient (Wildman–Crippen LogP) is 3.46. The van der Waals surface area contributed by atoms with Gasteiger partial charge < -0.3 is 11.1 Å². The number of carbonyl (C=O) groups excluding carboxylic acids is 2. The van der Waals surface area contributed by atoms with Crippen molar-refractivity contribution in [2.75, 3.05) is 10.0 Å². The van der Waals surface area contributed by atoms with E-state index in [1.807, 2.05) is 6.92 Å². The van der Waals surface area contributed by atoms with E-state index in [9.17, 15) is 18.0 Å². The summed E-state index contributed by atoms with van der Waals surface area (Å²) in [5.74, 6) is -1.09. The monoisotopic (exact) mass is 423 g/mol. The van der Waals surface area contributed by atoms with Gasteiger partial charge in [0, 0.05) is 5.56 Å². The van der Waals surface area contributed by atoms with Crippen LogP contribution in [0.5, 0.6) is 0 Å². The fourth-order valence-electron chi connectivity index (χ4n) is 2.84. The van der Waals surface area contributed by atoms with Gasteiger partial charge in [0.1, 0.15) is 0 Å². The maximum absolute atomic E-state index is 12.6. The number of sulfonamides is 1. The minimum atomic E-state index is -3.75. The molecule has 0 unspecified atom stereocenters. The van der Waals surface area contributed by atoms with Gasteiger partial charge in [-0.15, -0.1) is 0 Å². The Morgan fingerprint density at radius 2 is 1.53 bits per heavy atom. The molecule has 0 saturated heterocycles. The van der Waals surface area contributed by atoms with Crippen LogP contribution >= 0.6 is 0 Å². The highest BCUT2D eigenvalue weighted by atomic mass is 32.2. The molecule has 0 heterocycles. The van der Waals surface area contributed by atoms with Gasteiger partial charge in [0.05, 0.1) is 21.8 Å². The highest BCUT2D eigenvalue weighted by Gasteiger charge is 2.17. The van der Waals surface area contributed by atoms with Crippen LogP contribution in [0.4, 0.5) is 11.4 Å². The number of benzene rings is 3. The summed E-state index contributed by atoms with van der Waals surface area (Å²) >= 11 is 0. The molecule has 154 valence electrons. The van der Waals surface area contributed by atoms with Crippen molar-refractivity contribution in [2.45, 2.75) is 18.7 Å². The van der Waals surface area contributed by atoms with Gasteiger partial charge in [0.25, 0.3) is 21.8 Å². The molecule has 3 rings (SSSR count). The molecule has 0 aromatic heterocycles. The van der Waals surface area contributed by atoms with Gasteiger partial charge in [0.15, 0.2) is 0 Å². The number of nitrogens with two attached hydrogens (primary N) is 1. The molecule has 0 aliphatic heterocycles. The molecule has 0 aliphatic rings. The number of carbonyl (C=O) groups is 2. The molecule has 0 radical (unpaired) electrons. The fourth-order valence-corrected chi connectivity index (χ4v) is 3.97. The van der Waals surface area contributed by atoms with Crippen LogP contribution in [0.1, 0.15) is 31.8 Å². The normalized spacial score (nSPS) is 11.0. The first-order valence-electron chi connectivity index (χ1n) is 9.08. The molecule has 0 bridgehead atoms. The third kappa shape index (κ3) is 4.66. The molecule has 8 heteroatoms. The number of hydrogen-bond donors (Lipinski definition) is 3. The molecular formula is C22H21N3O4S. The summed E-state index contributed by atoms with van der Waals surface area (Å²) in [4.78, 5) is 24.3. The highest BCUT2D eigenvalue weighted by molar-refractivity contribution is 7.92. The minimum Gasteiger partial charge on any atom is -0.366 e. The zero-order valence-corrected chi connectivity index (χ0v) is 17.3. The standard InChI is InChI=1S/C22H21N3O4S/c1-14-7-10-17(11-8-14)30(28,29)25-19-12-9-16(13-15(19)2)22(27)24-20-6-4-3-5-18(20)21(23)26/h3-13,25H,1-2H3,(H2,23,26)(H,24,27). The van der Waals surface area contributed by atoms with Gasteiger partial charge >= 0.3 is 0 Å². The summed E-state index contributed by atoms with van der Waals surface area (Å²) in [7, 11) is -3.75. The molecule has 0 aliphatic carbocycles. The van der Waals surface area contributed by atoms with Crippen molar-refractivity contribution >= 4 is 33.2 Å². The van der Waals surface area contributed by atoms with Crippen molar-refractivity contribution in [1.82, 2.24) is 0 Å². The van der Waals surface area contributed by atoms with Gasteiger partial charge in [0.2, 0.25) is 0 Å². The van der Waals surface area contributed by atoms with E-state index in [0.717, 1.165) is 5.56 Å². The number of primary amides is 1. The molecule has 0 saturated carbocycles. The van der Waals surface area contributed by atoms with E-state index in [4.69, 9.17) is 5.73 Å². The van der Waals surface area contributed by atoms with Crippen molar-refractivity contribution in [3.05, 3.63) is 89.0 Å². The van der Waals surface area contributed by atoms with Gasteiger partial charge in [-0.25, -0.2) is 8.42 Å². The highest BCUT2D eigenvalue weighted by Crippen LogP contribution is 2.22. The molecule has 0 spiro atoms. The topological polar surface area (TPSA) is 118 Å². The van der Waals surface area contributed by atoms with Crippen LogP contribution in [0, 0.1) is 13.8 Å². The second-order valence-electron chi connectivity index (χ2n) is 6.81. The van der Waals surface area contributed by atoms with Crippen LogP contribution in [-0.2, 0) is 10.0 Å². The summed E-state index contributed by atoms with van der Waals surface area (Å²) in [6.45, 7) is 3.57. The lowest BCUT2D eigenvalue weighted by atomic mass is 10.1.